The molecule has 1 aromatic rings. The Morgan fingerprint density at radius 2 is 2.00 bits per heavy atom. The first kappa shape index (κ1) is 12.9. The van der Waals surface area contributed by atoms with Gasteiger partial charge in [0.2, 0.25) is 5.96 Å². The largest absolute Gasteiger partial charge is 0.339 e. The molecule has 0 heterocycles. The molecule has 18 heavy (non-hydrogen) atoms. The summed E-state index contributed by atoms with van der Waals surface area (Å²) in [5.41, 5.74) is 3.69. The number of nitrogens with one attached hydrogen (secondary N) is 1. The Balaban J connectivity index is 2.17. The summed E-state index contributed by atoms with van der Waals surface area (Å²) in [6.45, 7) is 3.08. The van der Waals surface area contributed by atoms with E-state index < -0.39 is 0 Å². The van der Waals surface area contributed by atoms with Gasteiger partial charge in [-0.15, -0.1) is 0 Å². The van der Waals surface area contributed by atoms with Crippen molar-refractivity contribution in [3.8, 4) is 0 Å². The van der Waals surface area contributed by atoms with E-state index in [1.54, 1.807) is 0 Å². The van der Waals surface area contributed by atoms with Crippen LogP contribution in [0.3, 0.4) is 0 Å². The third-order valence-electron chi connectivity index (χ3n) is 3.50. The van der Waals surface area contributed by atoms with Crippen LogP contribution in [0.4, 0.5) is 5.69 Å². The Morgan fingerprint density at radius 1 is 1.33 bits per heavy atom. The second-order valence-corrected chi connectivity index (χ2v) is 4.64. The molecule has 0 aromatic heterocycles. The number of aliphatic imine (C=N–C) groups is 1. The number of para-hydroxylation sites is 1. The molecule has 0 saturated heterocycles. The number of benzene rings is 1. The molecule has 0 radical (unpaired) electrons. The molecule has 0 amide bonds. The van der Waals surface area contributed by atoms with Gasteiger partial charge in [0.05, 0.1) is 5.69 Å². The molecule has 2 rings (SSSR count). The van der Waals surface area contributed by atoms with Crippen LogP contribution < -0.4 is 11.3 Å². The summed E-state index contributed by atoms with van der Waals surface area (Å²) < 4.78 is 0. The summed E-state index contributed by atoms with van der Waals surface area (Å²) in [6, 6.07) is 10.5. The molecule has 0 aliphatic heterocycles. The summed E-state index contributed by atoms with van der Waals surface area (Å²) in [4.78, 5) is 6.88. The molecule has 1 aliphatic rings. The quantitative estimate of drug-likeness (QED) is 0.373. The lowest BCUT2D eigenvalue weighted by Gasteiger charge is -2.30. The molecule has 0 atom stereocenters. The number of nitrogens with two attached hydrogens (primary N) is 1. The van der Waals surface area contributed by atoms with Crippen molar-refractivity contribution in [2.75, 3.05) is 6.54 Å². The summed E-state index contributed by atoms with van der Waals surface area (Å²) in [5, 5.41) is 0. The van der Waals surface area contributed by atoms with Crippen molar-refractivity contribution in [2.45, 2.75) is 38.6 Å². The van der Waals surface area contributed by atoms with Gasteiger partial charge >= 0.3 is 0 Å². The average Bonchev–Trinajstić information content (AvgIpc) is 2.93. The van der Waals surface area contributed by atoms with Crippen LogP contribution >= 0.6 is 0 Å². The van der Waals surface area contributed by atoms with Crippen LogP contribution in [0.15, 0.2) is 35.3 Å². The molecule has 1 saturated carbocycles. The van der Waals surface area contributed by atoms with Crippen molar-refractivity contribution >= 4 is 11.6 Å². The second-order valence-electron chi connectivity index (χ2n) is 4.64. The Labute approximate surface area is 109 Å². The maximum Gasteiger partial charge on any atom is 0.213 e. The number of rotatable bonds is 3. The van der Waals surface area contributed by atoms with Crippen LogP contribution in [0.2, 0.25) is 0 Å². The molecule has 1 aliphatic carbocycles. The lowest BCUT2D eigenvalue weighted by atomic mass is 10.2. The fourth-order valence-corrected chi connectivity index (χ4v) is 2.60. The zero-order valence-corrected chi connectivity index (χ0v) is 11.0. The van der Waals surface area contributed by atoms with Crippen LogP contribution in [0, 0.1) is 0 Å². The van der Waals surface area contributed by atoms with E-state index in [0.717, 1.165) is 18.2 Å². The van der Waals surface area contributed by atoms with E-state index >= 15 is 0 Å². The first-order valence-corrected chi connectivity index (χ1v) is 6.72. The highest BCUT2D eigenvalue weighted by atomic mass is 15.4. The van der Waals surface area contributed by atoms with Crippen LogP contribution in [-0.4, -0.2) is 23.4 Å². The fraction of sp³-hybridized carbons (Fsp3) is 0.500. The van der Waals surface area contributed by atoms with E-state index in [0.29, 0.717) is 6.04 Å². The lowest BCUT2D eigenvalue weighted by Crippen LogP contribution is -2.48. The molecule has 0 unspecified atom stereocenters. The Morgan fingerprint density at radius 3 is 2.56 bits per heavy atom. The van der Waals surface area contributed by atoms with Gasteiger partial charge in [0.25, 0.3) is 0 Å². The normalized spacial score (nSPS) is 16.9. The number of hydrogen-bond acceptors (Lipinski definition) is 2. The highest BCUT2D eigenvalue weighted by Gasteiger charge is 2.23. The van der Waals surface area contributed by atoms with Gasteiger partial charge in [-0.3, -0.25) is 5.43 Å². The van der Waals surface area contributed by atoms with Crippen molar-refractivity contribution in [2.24, 2.45) is 10.8 Å². The van der Waals surface area contributed by atoms with Gasteiger partial charge in [-0.05, 0) is 31.9 Å². The molecule has 0 bridgehead atoms. The zero-order chi connectivity index (χ0) is 12.8. The van der Waals surface area contributed by atoms with Crippen LogP contribution in [0.5, 0.6) is 0 Å². The third kappa shape index (κ3) is 3.01. The van der Waals surface area contributed by atoms with Crippen molar-refractivity contribution in [3.05, 3.63) is 30.3 Å². The number of nitrogens with zero attached hydrogens (tertiary/aromatic N) is 2. The van der Waals surface area contributed by atoms with Crippen molar-refractivity contribution < 1.29 is 0 Å². The summed E-state index contributed by atoms with van der Waals surface area (Å²) >= 11 is 0. The molecule has 1 fully saturated rings. The van der Waals surface area contributed by atoms with Gasteiger partial charge in [-0.2, -0.15) is 0 Å². The zero-order valence-electron chi connectivity index (χ0n) is 11.0. The smallest absolute Gasteiger partial charge is 0.213 e. The van der Waals surface area contributed by atoms with E-state index in [1.807, 2.05) is 30.3 Å². The highest BCUT2D eigenvalue weighted by molar-refractivity contribution is 5.82. The molecule has 0 spiro atoms. The van der Waals surface area contributed by atoms with Gasteiger partial charge in [0.15, 0.2) is 0 Å². The standard InChI is InChI=1S/C14H22N4/c1-2-18(13-10-6-7-11-13)14(17-15)16-12-8-4-3-5-9-12/h3-5,8-9,13H,2,6-7,10-11,15H2,1H3,(H,16,17). The molecule has 3 N–H and O–H groups in total. The van der Waals surface area contributed by atoms with Gasteiger partial charge < -0.3 is 4.90 Å². The lowest BCUT2D eigenvalue weighted by molar-refractivity contribution is 0.318. The second kappa shape index (κ2) is 6.40. The molecule has 4 heteroatoms. The Hall–Kier alpha value is -1.55. The van der Waals surface area contributed by atoms with Crippen molar-refractivity contribution in [1.82, 2.24) is 10.3 Å². The van der Waals surface area contributed by atoms with Gasteiger partial charge in [0.1, 0.15) is 0 Å². The van der Waals surface area contributed by atoms with Crippen LogP contribution in [0.1, 0.15) is 32.6 Å². The predicted molar refractivity (Wildman–Crippen MR) is 75.5 cm³/mol. The maximum absolute atomic E-state index is 5.64. The predicted octanol–water partition coefficient (Wildman–Crippen LogP) is 2.40. The summed E-state index contributed by atoms with van der Waals surface area (Å²) in [5.74, 6) is 6.42. The Bertz CT molecular complexity index is 382. The van der Waals surface area contributed by atoms with Gasteiger partial charge in [-0.25, -0.2) is 10.8 Å². The number of hydrazine groups is 1. The average molecular weight is 246 g/mol. The minimum atomic E-state index is 0.577. The topological polar surface area (TPSA) is 53.6 Å². The van der Waals surface area contributed by atoms with E-state index in [1.165, 1.54) is 25.7 Å². The number of hydrogen-bond donors (Lipinski definition) is 2. The first-order chi connectivity index (χ1) is 8.85. The van der Waals surface area contributed by atoms with Gasteiger partial charge in [-0.1, -0.05) is 31.0 Å². The molecular weight excluding hydrogens is 224 g/mol. The van der Waals surface area contributed by atoms with E-state index in [4.69, 9.17) is 5.84 Å². The van der Waals surface area contributed by atoms with E-state index in [9.17, 15) is 0 Å². The minimum absolute atomic E-state index is 0.577. The van der Waals surface area contributed by atoms with Crippen LogP contribution in [0.25, 0.3) is 0 Å². The highest BCUT2D eigenvalue weighted by Crippen LogP contribution is 2.24. The Kier molecular flexibility index (Phi) is 4.59. The van der Waals surface area contributed by atoms with Gasteiger partial charge in [0, 0.05) is 12.6 Å². The number of guanidine groups is 1. The molecule has 4 nitrogen and oxygen atoms in total. The van der Waals surface area contributed by atoms with Crippen molar-refractivity contribution in [3.63, 3.8) is 0 Å². The van der Waals surface area contributed by atoms with Crippen molar-refractivity contribution in [1.29, 1.82) is 0 Å². The third-order valence-corrected chi connectivity index (χ3v) is 3.50. The minimum Gasteiger partial charge on any atom is -0.339 e. The SMILES string of the molecule is CCN(C(=Nc1ccccc1)NN)C1CCCC1. The monoisotopic (exact) mass is 246 g/mol. The molecule has 98 valence electrons. The first-order valence-electron chi connectivity index (χ1n) is 6.72. The van der Waals surface area contributed by atoms with E-state index in [2.05, 4.69) is 22.2 Å². The molecule has 1 aromatic carbocycles. The summed E-state index contributed by atoms with van der Waals surface area (Å²) in [7, 11) is 0. The fourth-order valence-electron chi connectivity index (χ4n) is 2.60. The summed E-state index contributed by atoms with van der Waals surface area (Å²) in [6.07, 6.45) is 5.10. The van der Waals surface area contributed by atoms with E-state index in [-0.39, 0.29) is 0 Å². The van der Waals surface area contributed by atoms with Crippen LogP contribution in [-0.2, 0) is 0 Å². The molecular formula is C14H22N4. The maximum atomic E-state index is 5.64.